The second-order valence-corrected chi connectivity index (χ2v) is 6.71. The van der Waals surface area contributed by atoms with Crippen LogP contribution in [0.5, 0.6) is 0 Å². The maximum absolute atomic E-state index is 8.82. The first-order chi connectivity index (χ1) is 10.6. The fraction of sp³-hybridized carbons (Fsp3) is 0.286. The van der Waals surface area contributed by atoms with E-state index >= 15 is 0 Å². The molecule has 0 saturated heterocycles. The molecular formula is C14H16Br3N3O2. The zero-order chi connectivity index (χ0) is 16.4. The molecule has 0 aliphatic carbocycles. The van der Waals surface area contributed by atoms with Crippen molar-refractivity contribution in [1.82, 2.24) is 9.97 Å². The molecule has 2 heterocycles. The third-order valence-corrected chi connectivity index (χ3v) is 3.87. The van der Waals surface area contributed by atoms with E-state index in [4.69, 9.17) is 10.2 Å². The highest BCUT2D eigenvalue weighted by Gasteiger charge is 2.05. The van der Waals surface area contributed by atoms with Crippen LogP contribution in [-0.2, 0) is 0 Å². The number of hydrogen-bond acceptors (Lipinski definition) is 5. The van der Waals surface area contributed by atoms with Crippen molar-refractivity contribution in [3.05, 3.63) is 50.2 Å². The molecule has 0 spiro atoms. The predicted octanol–water partition coefficient (Wildman–Crippen LogP) is 3.24. The Morgan fingerprint density at radius 2 is 1.36 bits per heavy atom. The van der Waals surface area contributed by atoms with Gasteiger partial charge in [0.15, 0.2) is 0 Å². The second-order valence-electron chi connectivity index (χ2n) is 4.07. The van der Waals surface area contributed by atoms with Gasteiger partial charge in [-0.2, -0.15) is 0 Å². The third kappa shape index (κ3) is 7.64. The summed E-state index contributed by atoms with van der Waals surface area (Å²) in [5.41, 5.74) is 0. The number of rotatable bonds is 5. The molecule has 0 amide bonds. The second kappa shape index (κ2) is 11.1. The Morgan fingerprint density at radius 1 is 0.818 bits per heavy atom. The van der Waals surface area contributed by atoms with Gasteiger partial charge in [-0.1, -0.05) is 0 Å². The van der Waals surface area contributed by atoms with Crippen molar-refractivity contribution in [2.45, 2.75) is 0 Å². The quantitative estimate of drug-likeness (QED) is 0.621. The molecule has 0 unspecified atom stereocenters. The normalized spacial score (nSPS) is 9.86. The Hall–Kier alpha value is -0.540. The summed E-state index contributed by atoms with van der Waals surface area (Å²) in [6.45, 7) is 1.07. The first-order valence-electron chi connectivity index (χ1n) is 6.42. The lowest BCUT2D eigenvalue weighted by Crippen LogP contribution is -2.30. The van der Waals surface area contributed by atoms with Crippen LogP contribution in [0.15, 0.2) is 50.2 Å². The number of aliphatic hydroxyl groups is 2. The van der Waals surface area contributed by atoms with Crippen LogP contribution in [0.2, 0.25) is 0 Å². The molecule has 2 N–H and O–H groups in total. The minimum absolute atomic E-state index is 0.0533. The molecule has 2 rings (SSSR count). The predicted molar refractivity (Wildman–Crippen MR) is 98.0 cm³/mol. The van der Waals surface area contributed by atoms with E-state index in [9.17, 15) is 0 Å². The molecular weight excluding hydrogens is 482 g/mol. The largest absolute Gasteiger partial charge is 0.395 e. The van der Waals surface area contributed by atoms with E-state index in [-0.39, 0.29) is 13.2 Å². The van der Waals surface area contributed by atoms with Crippen molar-refractivity contribution in [2.75, 3.05) is 31.2 Å². The number of anilines is 1. The average molecular weight is 498 g/mol. The highest BCUT2D eigenvalue weighted by Crippen LogP contribution is 2.14. The van der Waals surface area contributed by atoms with E-state index in [0.717, 1.165) is 19.4 Å². The molecule has 2 aromatic rings. The number of nitrogens with zero attached hydrogens (tertiary/aromatic N) is 3. The summed E-state index contributed by atoms with van der Waals surface area (Å²) in [5.74, 6) is 0.760. The molecule has 2 aromatic heterocycles. The Morgan fingerprint density at radius 3 is 1.73 bits per heavy atom. The van der Waals surface area contributed by atoms with Crippen molar-refractivity contribution < 1.29 is 10.2 Å². The maximum Gasteiger partial charge on any atom is 0.128 e. The molecule has 0 fully saturated rings. The smallest absolute Gasteiger partial charge is 0.128 e. The van der Waals surface area contributed by atoms with Crippen LogP contribution in [0.1, 0.15) is 0 Å². The first-order valence-corrected chi connectivity index (χ1v) is 8.80. The van der Waals surface area contributed by atoms with Crippen molar-refractivity contribution in [3.63, 3.8) is 0 Å². The van der Waals surface area contributed by atoms with Crippen LogP contribution >= 0.6 is 47.8 Å². The van der Waals surface area contributed by atoms with Crippen LogP contribution < -0.4 is 4.90 Å². The molecule has 0 aliphatic heterocycles. The molecule has 0 saturated carbocycles. The van der Waals surface area contributed by atoms with Gasteiger partial charge in [-0.3, -0.25) is 0 Å². The van der Waals surface area contributed by atoms with Gasteiger partial charge in [0.1, 0.15) is 10.4 Å². The van der Waals surface area contributed by atoms with E-state index < -0.39 is 0 Å². The Labute approximate surface area is 154 Å². The van der Waals surface area contributed by atoms with Crippen LogP contribution in [0.4, 0.5) is 5.82 Å². The summed E-state index contributed by atoms with van der Waals surface area (Å²) < 4.78 is 2.77. The first kappa shape index (κ1) is 19.5. The lowest BCUT2D eigenvalue weighted by atomic mass is 10.4. The van der Waals surface area contributed by atoms with Gasteiger partial charge in [-0.05, 0) is 72.1 Å². The fourth-order valence-corrected chi connectivity index (χ4v) is 2.20. The number of halogens is 3. The number of pyridine rings is 2. The number of hydrogen-bond donors (Lipinski definition) is 2. The number of aliphatic hydroxyl groups excluding tert-OH is 2. The highest BCUT2D eigenvalue weighted by atomic mass is 79.9. The average Bonchev–Trinajstić information content (AvgIpc) is 2.52. The minimum Gasteiger partial charge on any atom is -0.395 e. The van der Waals surface area contributed by atoms with Crippen LogP contribution in [0, 0.1) is 0 Å². The Bertz CT molecular complexity index is 511. The van der Waals surface area contributed by atoms with Crippen LogP contribution in [0.25, 0.3) is 0 Å². The van der Waals surface area contributed by atoms with E-state index in [1.807, 2.05) is 29.2 Å². The van der Waals surface area contributed by atoms with Gasteiger partial charge in [0.2, 0.25) is 0 Å². The van der Waals surface area contributed by atoms with Crippen molar-refractivity contribution >= 4 is 53.6 Å². The van der Waals surface area contributed by atoms with E-state index in [0.29, 0.717) is 13.1 Å². The highest BCUT2D eigenvalue weighted by molar-refractivity contribution is 9.11. The molecule has 0 radical (unpaired) electrons. The summed E-state index contributed by atoms with van der Waals surface area (Å²) in [7, 11) is 0. The van der Waals surface area contributed by atoms with Gasteiger partial charge in [0.25, 0.3) is 0 Å². The number of aromatic nitrogens is 2. The van der Waals surface area contributed by atoms with Gasteiger partial charge in [0, 0.05) is 34.4 Å². The topological polar surface area (TPSA) is 69.5 Å². The molecule has 22 heavy (non-hydrogen) atoms. The summed E-state index contributed by atoms with van der Waals surface area (Å²) >= 11 is 9.77. The standard InChI is InChI=1S/C9H13BrN2O2.C5H3Br2N/c10-8-1-2-9(11-7-8)12(3-5-13)4-6-14;6-4-1-2-5(7)8-3-4/h1-2,7,13-14H,3-6H2;1-3H. The van der Waals surface area contributed by atoms with Crippen molar-refractivity contribution in [2.24, 2.45) is 0 Å². The van der Waals surface area contributed by atoms with Gasteiger partial charge >= 0.3 is 0 Å². The molecule has 120 valence electrons. The van der Waals surface area contributed by atoms with Crippen LogP contribution in [0.3, 0.4) is 0 Å². The van der Waals surface area contributed by atoms with E-state index in [1.165, 1.54) is 0 Å². The van der Waals surface area contributed by atoms with E-state index in [2.05, 4.69) is 57.8 Å². The lowest BCUT2D eigenvalue weighted by molar-refractivity contribution is 0.280. The molecule has 0 bridgehead atoms. The molecule has 0 aliphatic rings. The van der Waals surface area contributed by atoms with Gasteiger partial charge in [0.05, 0.1) is 13.2 Å². The summed E-state index contributed by atoms with van der Waals surface area (Å²) in [4.78, 5) is 9.95. The van der Waals surface area contributed by atoms with E-state index in [1.54, 1.807) is 12.4 Å². The lowest BCUT2D eigenvalue weighted by Gasteiger charge is -2.21. The summed E-state index contributed by atoms with van der Waals surface area (Å²) in [6.07, 6.45) is 3.43. The monoisotopic (exact) mass is 495 g/mol. The maximum atomic E-state index is 8.82. The molecule has 0 atom stereocenters. The zero-order valence-corrected chi connectivity index (χ0v) is 16.4. The van der Waals surface area contributed by atoms with Crippen LogP contribution in [-0.4, -0.2) is 46.5 Å². The summed E-state index contributed by atoms with van der Waals surface area (Å²) in [6, 6.07) is 7.53. The van der Waals surface area contributed by atoms with Gasteiger partial charge in [-0.25, -0.2) is 9.97 Å². The zero-order valence-electron chi connectivity index (χ0n) is 11.7. The molecule has 0 aromatic carbocycles. The van der Waals surface area contributed by atoms with Crippen molar-refractivity contribution in [1.29, 1.82) is 0 Å². The fourth-order valence-electron chi connectivity index (χ4n) is 1.50. The van der Waals surface area contributed by atoms with Gasteiger partial charge < -0.3 is 15.1 Å². The van der Waals surface area contributed by atoms with Gasteiger partial charge in [-0.15, -0.1) is 0 Å². The SMILES string of the molecule is Brc1ccc(Br)nc1.OCCN(CCO)c1ccc(Br)cn1. The Balaban J connectivity index is 0.000000255. The Kier molecular flexibility index (Phi) is 9.81. The molecule has 5 nitrogen and oxygen atoms in total. The van der Waals surface area contributed by atoms with Crippen molar-refractivity contribution in [3.8, 4) is 0 Å². The minimum atomic E-state index is 0.0533. The summed E-state index contributed by atoms with van der Waals surface area (Å²) in [5, 5.41) is 17.6. The third-order valence-electron chi connectivity index (χ3n) is 2.47. The molecule has 8 heteroatoms.